The molecule has 0 spiro atoms. The van der Waals surface area contributed by atoms with Gasteiger partial charge in [0.2, 0.25) is 0 Å². The van der Waals surface area contributed by atoms with E-state index in [0.717, 1.165) is 10.2 Å². The Morgan fingerprint density at radius 2 is 1.95 bits per heavy atom. The number of halogens is 1. The van der Waals surface area contributed by atoms with E-state index in [1.807, 2.05) is 6.07 Å². The molecule has 1 heterocycles. The highest BCUT2D eigenvalue weighted by Gasteiger charge is 2.26. The molecule has 3 atom stereocenters. The van der Waals surface area contributed by atoms with E-state index in [1.165, 1.54) is 24.8 Å². The summed E-state index contributed by atoms with van der Waals surface area (Å²) in [5, 5.41) is 2.42. The molecule has 1 aromatic carbocycles. The third-order valence-electron chi connectivity index (χ3n) is 4.21. The van der Waals surface area contributed by atoms with Crippen LogP contribution in [0.2, 0.25) is 0 Å². The highest BCUT2D eigenvalue weighted by molar-refractivity contribution is 9.10. The highest BCUT2D eigenvalue weighted by Crippen LogP contribution is 2.29. The molecule has 3 unspecified atom stereocenters. The quantitative estimate of drug-likeness (QED) is 0.884. The van der Waals surface area contributed by atoms with Gasteiger partial charge in [0, 0.05) is 18.1 Å². The number of hydrogen-bond acceptors (Lipinski definition) is 3. The monoisotopic (exact) mass is 340 g/mol. The second kappa shape index (κ2) is 6.92. The van der Waals surface area contributed by atoms with Crippen molar-refractivity contribution in [3.8, 4) is 5.75 Å². The van der Waals surface area contributed by atoms with Crippen LogP contribution in [0, 0.1) is 0 Å². The number of hydrazine groups is 1. The van der Waals surface area contributed by atoms with Gasteiger partial charge in [-0.05, 0) is 67.2 Å². The zero-order valence-electron chi connectivity index (χ0n) is 12.8. The zero-order chi connectivity index (χ0) is 14.7. The average Bonchev–Trinajstić information content (AvgIpc) is 2.42. The molecule has 2 rings (SSSR count). The molecule has 0 saturated carbocycles. The van der Waals surface area contributed by atoms with Crippen LogP contribution in [0.15, 0.2) is 22.7 Å². The minimum atomic E-state index is 0.292. The van der Waals surface area contributed by atoms with E-state index in [0.29, 0.717) is 18.1 Å². The van der Waals surface area contributed by atoms with E-state index >= 15 is 0 Å². The van der Waals surface area contributed by atoms with Gasteiger partial charge in [-0.2, -0.15) is 0 Å². The minimum Gasteiger partial charge on any atom is -0.496 e. The first-order chi connectivity index (χ1) is 9.52. The third-order valence-corrected chi connectivity index (χ3v) is 4.83. The van der Waals surface area contributed by atoms with Crippen molar-refractivity contribution >= 4 is 15.9 Å². The summed E-state index contributed by atoms with van der Waals surface area (Å²) in [6.07, 6.45) is 3.88. The summed E-state index contributed by atoms with van der Waals surface area (Å²) < 4.78 is 6.29. The average molecular weight is 341 g/mol. The van der Waals surface area contributed by atoms with E-state index in [1.54, 1.807) is 7.11 Å². The maximum atomic E-state index is 5.29. The van der Waals surface area contributed by atoms with Crippen LogP contribution >= 0.6 is 15.9 Å². The summed E-state index contributed by atoms with van der Waals surface area (Å²) in [6, 6.07) is 7.77. The van der Waals surface area contributed by atoms with Gasteiger partial charge in [-0.3, -0.25) is 0 Å². The molecule has 1 aliphatic rings. The minimum absolute atomic E-state index is 0.292. The van der Waals surface area contributed by atoms with Crippen molar-refractivity contribution in [2.24, 2.45) is 0 Å². The number of hydrogen-bond donors (Lipinski definition) is 1. The van der Waals surface area contributed by atoms with E-state index in [9.17, 15) is 0 Å². The number of nitrogens with zero attached hydrogens (tertiary/aromatic N) is 1. The molecule has 1 fully saturated rings. The normalized spacial score (nSPS) is 25.4. The van der Waals surface area contributed by atoms with Crippen molar-refractivity contribution in [1.82, 2.24) is 10.4 Å². The summed E-state index contributed by atoms with van der Waals surface area (Å²) >= 11 is 3.56. The van der Waals surface area contributed by atoms with Gasteiger partial charge >= 0.3 is 0 Å². The largest absolute Gasteiger partial charge is 0.496 e. The Bertz CT molecular complexity index is 442. The Kier molecular flexibility index (Phi) is 5.47. The van der Waals surface area contributed by atoms with Crippen LogP contribution in [0.1, 0.15) is 51.6 Å². The zero-order valence-corrected chi connectivity index (χ0v) is 14.4. The summed E-state index contributed by atoms with van der Waals surface area (Å²) in [5.74, 6) is 0.876. The predicted octanol–water partition coefficient (Wildman–Crippen LogP) is 4.29. The highest BCUT2D eigenvalue weighted by atomic mass is 79.9. The standard InChI is InChI=1S/C16H25BrN2O/c1-11-6-5-7-12(2)19(11)18-13(3)14-8-9-16(20-4)15(17)10-14/h8-13,18H,5-7H2,1-4H3. The molecule has 3 nitrogen and oxygen atoms in total. The summed E-state index contributed by atoms with van der Waals surface area (Å²) in [4.78, 5) is 0. The van der Waals surface area contributed by atoms with Crippen LogP contribution < -0.4 is 10.2 Å². The van der Waals surface area contributed by atoms with Crippen molar-refractivity contribution in [2.45, 2.75) is 58.2 Å². The molecule has 0 aromatic heterocycles. The van der Waals surface area contributed by atoms with Gasteiger partial charge in [-0.15, -0.1) is 0 Å². The van der Waals surface area contributed by atoms with Crippen LogP contribution in [-0.4, -0.2) is 24.2 Å². The number of methoxy groups -OCH3 is 1. The van der Waals surface area contributed by atoms with Gasteiger partial charge in [0.05, 0.1) is 11.6 Å². The van der Waals surface area contributed by atoms with Gasteiger partial charge in [0.1, 0.15) is 5.75 Å². The molecule has 1 aromatic rings. The summed E-state index contributed by atoms with van der Waals surface area (Å²) in [5.41, 5.74) is 4.94. The molecule has 0 bridgehead atoms. The molecular formula is C16H25BrN2O. The number of piperidine rings is 1. The molecule has 20 heavy (non-hydrogen) atoms. The SMILES string of the molecule is COc1ccc(C(C)NN2C(C)CCCC2C)cc1Br. The molecule has 0 amide bonds. The lowest BCUT2D eigenvalue weighted by atomic mass is 9.99. The lowest BCUT2D eigenvalue weighted by molar-refractivity contribution is 0.0320. The van der Waals surface area contributed by atoms with E-state index in [4.69, 9.17) is 4.74 Å². The van der Waals surface area contributed by atoms with Crippen LogP contribution in [-0.2, 0) is 0 Å². The number of benzene rings is 1. The maximum absolute atomic E-state index is 5.29. The number of nitrogens with one attached hydrogen (secondary N) is 1. The van der Waals surface area contributed by atoms with Gasteiger partial charge < -0.3 is 4.74 Å². The summed E-state index contributed by atoms with van der Waals surface area (Å²) in [6.45, 7) is 6.82. The van der Waals surface area contributed by atoms with Crippen LogP contribution in [0.3, 0.4) is 0 Å². The lowest BCUT2D eigenvalue weighted by Crippen LogP contribution is -2.52. The van der Waals surface area contributed by atoms with Crippen LogP contribution in [0.25, 0.3) is 0 Å². The smallest absolute Gasteiger partial charge is 0.133 e. The summed E-state index contributed by atoms with van der Waals surface area (Å²) in [7, 11) is 1.69. The first kappa shape index (κ1) is 15.8. The Morgan fingerprint density at radius 3 is 2.50 bits per heavy atom. The van der Waals surface area contributed by atoms with Crippen LogP contribution in [0.4, 0.5) is 0 Å². The van der Waals surface area contributed by atoms with Crippen molar-refractivity contribution in [3.63, 3.8) is 0 Å². The molecule has 0 aliphatic carbocycles. The Morgan fingerprint density at radius 1 is 1.30 bits per heavy atom. The molecule has 0 radical (unpaired) electrons. The van der Waals surface area contributed by atoms with E-state index in [2.05, 4.69) is 59.3 Å². The fraction of sp³-hybridized carbons (Fsp3) is 0.625. The molecule has 1 N–H and O–H groups in total. The predicted molar refractivity (Wildman–Crippen MR) is 86.9 cm³/mol. The fourth-order valence-corrected chi connectivity index (χ4v) is 3.48. The molecular weight excluding hydrogens is 316 g/mol. The van der Waals surface area contributed by atoms with Crippen LogP contribution in [0.5, 0.6) is 5.75 Å². The Labute approximate surface area is 130 Å². The van der Waals surface area contributed by atoms with Gasteiger partial charge in [-0.25, -0.2) is 10.4 Å². The van der Waals surface area contributed by atoms with Crippen molar-refractivity contribution in [3.05, 3.63) is 28.2 Å². The lowest BCUT2D eigenvalue weighted by Gasteiger charge is -2.41. The van der Waals surface area contributed by atoms with Crippen molar-refractivity contribution < 1.29 is 4.74 Å². The van der Waals surface area contributed by atoms with Crippen molar-refractivity contribution in [2.75, 3.05) is 7.11 Å². The molecule has 4 heteroatoms. The molecule has 1 saturated heterocycles. The molecule has 112 valence electrons. The van der Waals surface area contributed by atoms with E-state index < -0.39 is 0 Å². The Balaban J connectivity index is 2.07. The Hall–Kier alpha value is -0.580. The first-order valence-corrected chi connectivity index (χ1v) is 8.20. The molecule has 1 aliphatic heterocycles. The van der Waals surface area contributed by atoms with Gasteiger partial charge in [-0.1, -0.05) is 12.5 Å². The van der Waals surface area contributed by atoms with Gasteiger partial charge in [0.25, 0.3) is 0 Å². The first-order valence-electron chi connectivity index (χ1n) is 7.41. The maximum Gasteiger partial charge on any atom is 0.133 e. The number of rotatable bonds is 4. The second-order valence-corrected chi connectivity index (χ2v) is 6.64. The van der Waals surface area contributed by atoms with Crippen molar-refractivity contribution in [1.29, 1.82) is 0 Å². The van der Waals surface area contributed by atoms with Gasteiger partial charge in [0.15, 0.2) is 0 Å². The van der Waals surface area contributed by atoms with E-state index in [-0.39, 0.29) is 0 Å². The third kappa shape index (κ3) is 3.54. The number of ether oxygens (including phenoxy) is 1. The topological polar surface area (TPSA) is 24.5 Å². The second-order valence-electron chi connectivity index (χ2n) is 5.78. The fourth-order valence-electron chi connectivity index (χ4n) is 2.93.